The van der Waals surface area contributed by atoms with E-state index in [0.717, 1.165) is 31.2 Å². The van der Waals surface area contributed by atoms with Crippen LogP contribution in [0.4, 0.5) is 5.69 Å². The van der Waals surface area contributed by atoms with Crippen molar-refractivity contribution in [3.63, 3.8) is 0 Å². The van der Waals surface area contributed by atoms with Gasteiger partial charge in [-0.25, -0.2) is 8.42 Å². The summed E-state index contributed by atoms with van der Waals surface area (Å²) in [5.41, 5.74) is 1.62. The molecule has 0 unspecified atom stereocenters. The first kappa shape index (κ1) is 19.5. The summed E-state index contributed by atoms with van der Waals surface area (Å²) in [6.07, 6.45) is 5.23. The van der Waals surface area contributed by atoms with Crippen molar-refractivity contribution in [2.24, 2.45) is 0 Å². The molecule has 0 aromatic heterocycles. The number of anilines is 1. The number of hydrogen-bond acceptors (Lipinski definition) is 3. The lowest BCUT2D eigenvalue weighted by Crippen LogP contribution is -2.35. The Morgan fingerprint density at radius 2 is 1.87 bits per heavy atom. The lowest BCUT2D eigenvalue weighted by atomic mass is 10.1. The number of aryl methyl sites for hydroxylation is 1. The molecular weight excluding hydrogens is 312 g/mol. The van der Waals surface area contributed by atoms with E-state index < -0.39 is 10.0 Å². The normalized spacial score (nSPS) is 11.3. The van der Waals surface area contributed by atoms with Crippen molar-refractivity contribution in [3.8, 4) is 0 Å². The molecule has 0 saturated carbocycles. The molecule has 1 aromatic rings. The summed E-state index contributed by atoms with van der Waals surface area (Å²) in [5, 5.41) is 2.84. The molecule has 0 atom stereocenters. The summed E-state index contributed by atoms with van der Waals surface area (Å²) in [6, 6.07) is 7.41. The number of carbonyl (C=O) groups is 1. The molecule has 0 saturated heterocycles. The predicted molar refractivity (Wildman–Crippen MR) is 95.2 cm³/mol. The van der Waals surface area contributed by atoms with Gasteiger partial charge in [0.2, 0.25) is 15.9 Å². The van der Waals surface area contributed by atoms with Crippen LogP contribution >= 0.6 is 0 Å². The number of amides is 1. The fourth-order valence-electron chi connectivity index (χ4n) is 2.41. The van der Waals surface area contributed by atoms with E-state index in [2.05, 4.69) is 12.2 Å². The van der Waals surface area contributed by atoms with Crippen LogP contribution in [-0.2, 0) is 21.2 Å². The van der Waals surface area contributed by atoms with Gasteiger partial charge in [0.15, 0.2) is 0 Å². The highest BCUT2D eigenvalue weighted by molar-refractivity contribution is 7.92. The van der Waals surface area contributed by atoms with Crippen LogP contribution in [-0.4, -0.2) is 33.7 Å². The Hall–Kier alpha value is -1.56. The van der Waals surface area contributed by atoms with Crippen molar-refractivity contribution in [1.82, 2.24) is 5.32 Å². The molecular formula is C17H28N2O3S. The monoisotopic (exact) mass is 340 g/mol. The maximum Gasteiger partial charge on any atom is 0.232 e. The second kappa shape index (κ2) is 9.55. The summed E-state index contributed by atoms with van der Waals surface area (Å²) >= 11 is 0. The Kier molecular flexibility index (Phi) is 8.09. The zero-order valence-electron chi connectivity index (χ0n) is 14.3. The third-order valence-corrected chi connectivity index (χ3v) is 4.87. The third kappa shape index (κ3) is 6.60. The van der Waals surface area contributed by atoms with Gasteiger partial charge >= 0.3 is 0 Å². The largest absolute Gasteiger partial charge is 0.356 e. The number of rotatable bonds is 10. The molecule has 0 spiro atoms. The van der Waals surface area contributed by atoms with Gasteiger partial charge < -0.3 is 5.32 Å². The van der Waals surface area contributed by atoms with Crippen LogP contribution in [0.15, 0.2) is 24.3 Å². The maximum atomic E-state index is 12.1. The molecule has 1 rings (SSSR count). The number of nitrogens with zero attached hydrogens (tertiary/aromatic N) is 1. The van der Waals surface area contributed by atoms with E-state index in [4.69, 9.17) is 0 Å². The van der Waals surface area contributed by atoms with E-state index in [1.54, 1.807) is 6.07 Å². The maximum absolute atomic E-state index is 12.1. The molecule has 1 aromatic carbocycles. The molecule has 6 heteroatoms. The molecule has 0 heterocycles. The van der Waals surface area contributed by atoms with Gasteiger partial charge in [-0.05, 0) is 24.5 Å². The molecule has 5 nitrogen and oxygen atoms in total. The van der Waals surface area contributed by atoms with Gasteiger partial charge in [-0.3, -0.25) is 9.10 Å². The van der Waals surface area contributed by atoms with Crippen LogP contribution < -0.4 is 9.62 Å². The highest BCUT2D eigenvalue weighted by Gasteiger charge is 2.20. The molecule has 0 aliphatic carbocycles. The topological polar surface area (TPSA) is 66.5 Å². The van der Waals surface area contributed by atoms with Gasteiger partial charge in [-0.15, -0.1) is 0 Å². The van der Waals surface area contributed by atoms with Crippen molar-refractivity contribution < 1.29 is 13.2 Å². The van der Waals surface area contributed by atoms with E-state index in [0.29, 0.717) is 12.2 Å². The molecule has 130 valence electrons. The Labute approximate surface area is 140 Å². The van der Waals surface area contributed by atoms with E-state index in [9.17, 15) is 13.2 Å². The Balaban J connectivity index is 2.72. The first-order chi connectivity index (χ1) is 10.9. The summed E-state index contributed by atoms with van der Waals surface area (Å²) < 4.78 is 25.5. The van der Waals surface area contributed by atoms with Crippen LogP contribution in [0.5, 0.6) is 0 Å². The SMILES string of the molecule is CCCCCNC(=O)CCN(c1ccccc1CC)S(C)(=O)=O. The molecule has 1 amide bonds. The van der Waals surface area contributed by atoms with Crippen molar-refractivity contribution in [1.29, 1.82) is 0 Å². The number of carbonyl (C=O) groups excluding carboxylic acids is 1. The number of hydrogen-bond donors (Lipinski definition) is 1. The number of sulfonamides is 1. The fraction of sp³-hybridized carbons (Fsp3) is 0.588. The zero-order chi connectivity index (χ0) is 17.3. The highest BCUT2D eigenvalue weighted by Crippen LogP contribution is 2.23. The molecule has 0 fully saturated rings. The zero-order valence-corrected chi connectivity index (χ0v) is 15.2. The molecule has 23 heavy (non-hydrogen) atoms. The molecule has 0 radical (unpaired) electrons. The number of unbranched alkanes of at least 4 members (excludes halogenated alkanes) is 2. The number of nitrogens with one attached hydrogen (secondary N) is 1. The summed E-state index contributed by atoms with van der Waals surface area (Å²) in [4.78, 5) is 11.9. The van der Waals surface area contributed by atoms with Crippen LogP contribution in [0.25, 0.3) is 0 Å². The minimum absolute atomic E-state index is 0.108. The smallest absolute Gasteiger partial charge is 0.232 e. The Bertz CT molecular complexity index is 600. The van der Waals surface area contributed by atoms with Crippen molar-refractivity contribution in [2.45, 2.75) is 46.0 Å². The first-order valence-electron chi connectivity index (χ1n) is 8.22. The fourth-order valence-corrected chi connectivity index (χ4v) is 3.37. The minimum Gasteiger partial charge on any atom is -0.356 e. The average Bonchev–Trinajstić information content (AvgIpc) is 2.51. The van der Waals surface area contributed by atoms with Crippen LogP contribution in [0.3, 0.4) is 0 Å². The van der Waals surface area contributed by atoms with E-state index in [1.807, 2.05) is 25.1 Å². The predicted octanol–water partition coefficient (Wildman–Crippen LogP) is 2.71. The third-order valence-electron chi connectivity index (χ3n) is 3.69. The molecule has 1 N–H and O–H groups in total. The van der Waals surface area contributed by atoms with Crippen molar-refractivity contribution in [2.75, 3.05) is 23.7 Å². The van der Waals surface area contributed by atoms with Crippen LogP contribution in [0.1, 0.15) is 45.1 Å². The summed E-state index contributed by atoms with van der Waals surface area (Å²) in [7, 11) is -3.42. The second-order valence-electron chi connectivity index (χ2n) is 5.62. The van der Waals surface area contributed by atoms with E-state index in [1.165, 1.54) is 10.6 Å². The summed E-state index contributed by atoms with van der Waals surface area (Å²) in [5.74, 6) is -0.108. The van der Waals surface area contributed by atoms with Crippen molar-refractivity contribution >= 4 is 21.6 Å². The second-order valence-corrected chi connectivity index (χ2v) is 7.53. The first-order valence-corrected chi connectivity index (χ1v) is 10.1. The van der Waals surface area contributed by atoms with Gasteiger partial charge in [0.1, 0.15) is 0 Å². The molecule has 0 aliphatic heterocycles. The van der Waals surface area contributed by atoms with Crippen LogP contribution in [0.2, 0.25) is 0 Å². The highest BCUT2D eigenvalue weighted by atomic mass is 32.2. The standard InChI is InChI=1S/C17H28N2O3S/c1-4-6-9-13-18-17(20)12-14-19(23(3,21)22)16-11-8-7-10-15(16)5-2/h7-8,10-11H,4-6,9,12-14H2,1-3H3,(H,18,20). The van der Waals surface area contributed by atoms with Crippen LogP contribution in [0, 0.1) is 0 Å². The van der Waals surface area contributed by atoms with Gasteiger partial charge in [0.05, 0.1) is 11.9 Å². The minimum atomic E-state index is -3.42. The lowest BCUT2D eigenvalue weighted by Gasteiger charge is -2.24. The molecule has 0 aliphatic rings. The van der Waals surface area contributed by atoms with E-state index >= 15 is 0 Å². The van der Waals surface area contributed by atoms with Crippen molar-refractivity contribution in [3.05, 3.63) is 29.8 Å². The van der Waals surface area contributed by atoms with Gasteiger partial charge in [-0.2, -0.15) is 0 Å². The van der Waals surface area contributed by atoms with Gasteiger partial charge in [0.25, 0.3) is 0 Å². The number of para-hydroxylation sites is 1. The molecule has 0 bridgehead atoms. The number of benzene rings is 1. The Morgan fingerprint density at radius 3 is 2.48 bits per heavy atom. The lowest BCUT2D eigenvalue weighted by molar-refractivity contribution is -0.120. The van der Waals surface area contributed by atoms with Gasteiger partial charge in [-0.1, -0.05) is 44.9 Å². The van der Waals surface area contributed by atoms with E-state index in [-0.39, 0.29) is 18.9 Å². The Morgan fingerprint density at radius 1 is 1.17 bits per heavy atom. The summed E-state index contributed by atoms with van der Waals surface area (Å²) in [6.45, 7) is 4.91. The average molecular weight is 340 g/mol. The quantitative estimate of drug-likeness (QED) is 0.666. The van der Waals surface area contributed by atoms with Gasteiger partial charge in [0, 0.05) is 19.5 Å².